The molecule has 8 heteroatoms. The maximum Gasteiger partial charge on any atom is 0.253 e. The topological polar surface area (TPSA) is 93.0 Å². The van der Waals surface area contributed by atoms with Gasteiger partial charge in [0, 0.05) is 18.2 Å². The molecule has 32 heavy (non-hydrogen) atoms. The van der Waals surface area contributed by atoms with E-state index >= 15 is 0 Å². The van der Waals surface area contributed by atoms with Crippen LogP contribution in [0.1, 0.15) is 21.7 Å². The summed E-state index contributed by atoms with van der Waals surface area (Å²) in [7, 11) is 5.03. The lowest BCUT2D eigenvalue weighted by atomic mass is 10.1. The fourth-order valence-electron chi connectivity index (χ4n) is 3.23. The highest BCUT2D eigenvalue weighted by atomic mass is 16.5. The standard InChI is InChI=1S/C24H27N3O5/c1-27(15-17-10-11-18(30-2)13-22(17)31-3)16-23(28)26-21-9-5-4-8-20(21)24(29)25-14-19-7-6-12-32-19/h4-13H,14-16H2,1-3H3,(H,25,29)(H,26,28). The maximum absolute atomic E-state index is 12.6. The first kappa shape index (κ1) is 22.9. The number of ether oxygens (including phenoxy) is 2. The molecule has 0 spiro atoms. The molecule has 0 radical (unpaired) electrons. The highest BCUT2D eigenvalue weighted by molar-refractivity contribution is 6.04. The Balaban J connectivity index is 1.59. The lowest BCUT2D eigenvalue weighted by molar-refractivity contribution is -0.117. The van der Waals surface area contributed by atoms with Gasteiger partial charge in [0.15, 0.2) is 0 Å². The summed E-state index contributed by atoms with van der Waals surface area (Å²) in [6.07, 6.45) is 1.55. The Bertz CT molecular complexity index is 1050. The van der Waals surface area contributed by atoms with Gasteiger partial charge in [-0.2, -0.15) is 0 Å². The molecule has 0 aliphatic carbocycles. The maximum atomic E-state index is 12.6. The summed E-state index contributed by atoms with van der Waals surface area (Å²) >= 11 is 0. The number of nitrogens with one attached hydrogen (secondary N) is 2. The molecule has 0 atom stereocenters. The van der Waals surface area contributed by atoms with Gasteiger partial charge in [0.2, 0.25) is 5.91 Å². The number of furan rings is 1. The van der Waals surface area contributed by atoms with Crippen LogP contribution in [0.25, 0.3) is 0 Å². The highest BCUT2D eigenvalue weighted by Gasteiger charge is 2.15. The normalized spacial score (nSPS) is 10.6. The first-order valence-corrected chi connectivity index (χ1v) is 10.1. The number of hydrogen-bond donors (Lipinski definition) is 2. The zero-order valence-electron chi connectivity index (χ0n) is 18.4. The summed E-state index contributed by atoms with van der Waals surface area (Å²) in [5, 5.41) is 5.62. The molecule has 2 amide bonds. The van der Waals surface area contributed by atoms with E-state index in [-0.39, 0.29) is 24.9 Å². The largest absolute Gasteiger partial charge is 0.497 e. The van der Waals surface area contributed by atoms with Crippen LogP contribution in [-0.4, -0.2) is 44.5 Å². The minimum absolute atomic E-state index is 0.136. The molecule has 3 aromatic rings. The summed E-state index contributed by atoms with van der Waals surface area (Å²) in [6.45, 7) is 0.907. The van der Waals surface area contributed by atoms with Crippen LogP contribution in [0.15, 0.2) is 65.3 Å². The van der Waals surface area contributed by atoms with Gasteiger partial charge >= 0.3 is 0 Å². The zero-order chi connectivity index (χ0) is 22.9. The predicted octanol–water partition coefficient (Wildman–Crippen LogP) is 3.30. The number of carbonyl (C=O) groups is 2. The zero-order valence-corrected chi connectivity index (χ0v) is 18.4. The number of amides is 2. The quantitative estimate of drug-likeness (QED) is 0.506. The van der Waals surface area contributed by atoms with Crippen molar-refractivity contribution in [2.45, 2.75) is 13.1 Å². The Morgan fingerprint density at radius 3 is 2.56 bits per heavy atom. The molecule has 0 aliphatic rings. The van der Waals surface area contributed by atoms with Crippen molar-refractivity contribution >= 4 is 17.5 Å². The Labute approximate surface area is 187 Å². The van der Waals surface area contributed by atoms with Gasteiger partial charge < -0.3 is 24.5 Å². The number of hydrogen-bond acceptors (Lipinski definition) is 6. The number of anilines is 1. The predicted molar refractivity (Wildman–Crippen MR) is 121 cm³/mol. The van der Waals surface area contributed by atoms with E-state index in [0.717, 1.165) is 5.56 Å². The Hall–Kier alpha value is -3.78. The van der Waals surface area contributed by atoms with Gasteiger partial charge in [-0.3, -0.25) is 14.5 Å². The Morgan fingerprint density at radius 2 is 1.84 bits per heavy atom. The SMILES string of the molecule is COc1ccc(CN(C)CC(=O)Nc2ccccc2C(=O)NCc2ccco2)c(OC)c1. The second-order valence-corrected chi connectivity index (χ2v) is 7.21. The smallest absolute Gasteiger partial charge is 0.253 e. The van der Waals surface area contributed by atoms with Crippen molar-refractivity contribution in [3.05, 3.63) is 77.7 Å². The number of benzene rings is 2. The Kier molecular flexibility index (Phi) is 7.88. The number of rotatable bonds is 10. The fourth-order valence-corrected chi connectivity index (χ4v) is 3.23. The van der Waals surface area contributed by atoms with Crippen LogP contribution >= 0.6 is 0 Å². The minimum Gasteiger partial charge on any atom is -0.497 e. The molecule has 8 nitrogen and oxygen atoms in total. The second-order valence-electron chi connectivity index (χ2n) is 7.21. The van der Waals surface area contributed by atoms with E-state index in [4.69, 9.17) is 13.9 Å². The van der Waals surface area contributed by atoms with E-state index < -0.39 is 0 Å². The van der Waals surface area contributed by atoms with E-state index in [1.807, 2.05) is 24.1 Å². The molecule has 3 rings (SSSR count). The molecule has 0 saturated carbocycles. The van der Waals surface area contributed by atoms with Crippen molar-refractivity contribution in [2.75, 3.05) is 33.1 Å². The van der Waals surface area contributed by atoms with Crippen LogP contribution in [0.3, 0.4) is 0 Å². The minimum atomic E-state index is -0.298. The molecule has 0 aliphatic heterocycles. The van der Waals surface area contributed by atoms with E-state index in [0.29, 0.717) is 35.1 Å². The molecular formula is C24H27N3O5. The van der Waals surface area contributed by atoms with Crippen molar-refractivity contribution in [3.63, 3.8) is 0 Å². The van der Waals surface area contributed by atoms with Gasteiger partial charge in [-0.05, 0) is 37.4 Å². The average molecular weight is 437 g/mol. The summed E-state index contributed by atoms with van der Waals surface area (Å²) in [5.41, 5.74) is 1.76. The third kappa shape index (κ3) is 6.12. The molecule has 0 bridgehead atoms. The summed E-state index contributed by atoms with van der Waals surface area (Å²) < 4.78 is 15.9. The molecule has 0 saturated heterocycles. The number of carbonyl (C=O) groups excluding carboxylic acids is 2. The van der Waals surface area contributed by atoms with Gasteiger partial charge in [-0.25, -0.2) is 0 Å². The van der Waals surface area contributed by atoms with Gasteiger partial charge in [0.25, 0.3) is 5.91 Å². The fraction of sp³-hybridized carbons (Fsp3) is 0.250. The second kappa shape index (κ2) is 11.0. The monoisotopic (exact) mass is 437 g/mol. The average Bonchev–Trinajstić information content (AvgIpc) is 3.31. The summed E-state index contributed by atoms with van der Waals surface area (Å²) in [4.78, 5) is 27.1. The lowest BCUT2D eigenvalue weighted by Gasteiger charge is -2.19. The molecule has 2 aromatic carbocycles. The third-order valence-corrected chi connectivity index (χ3v) is 4.80. The van der Waals surface area contributed by atoms with Gasteiger partial charge in [0.05, 0.1) is 44.8 Å². The number of para-hydroxylation sites is 1. The van der Waals surface area contributed by atoms with Crippen LogP contribution in [0, 0.1) is 0 Å². The summed E-state index contributed by atoms with van der Waals surface area (Å²) in [6, 6.07) is 16.0. The van der Waals surface area contributed by atoms with Crippen LogP contribution in [-0.2, 0) is 17.9 Å². The molecule has 2 N–H and O–H groups in total. The molecule has 1 aromatic heterocycles. The van der Waals surface area contributed by atoms with E-state index in [1.165, 1.54) is 0 Å². The van der Waals surface area contributed by atoms with E-state index in [1.54, 1.807) is 62.9 Å². The summed E-state index contributed by atoms with van der Waals surface area (Å²) in [5.74, 6) is 1.51. The molecule has 168 valence electrons. The molecule has 1 heterocycles. The number of nitrogens with zero attached hydrogens (tertiary/aromatic N) is 1. The van der Waals surface area contributed by atoms with Gasteiger partial charge in [-0.1, -0.05) is 18.2 Å². The van der Waals surface area contributed by atoms with Crippen molar-refractivity contribution in [2.24, 2.45) is 0 Å². The van der Waals surface area contributed by atoms with Crippen molar-refractivity contribution in [1.29, 1.82) is 0 Å². The van der Waals surface area contributed by atoms with Crippen LogP contribution in [0.4, 0.5) is 5.69 Å². The molecule has 0 fully saturated rings. The van der Waals surface area contributed by atoms with Crippen molar-refractivity contribution < 1.29 is 23.5 Å². The van der Waals surface area contributed by atoms with E-state index in [2.05, 4.69) is 10.6 Å². The first-order valence-electron chi connectivity index (χ1n) is 10.1. The number of methoxy groups -OCH3 is 2. The number of likely N-dealkylation sites (N-methyl/N-ethyl adjacent to an activating group) is 1. The van der Waals surface area contributed by atoms with Gasteiger partial charge in [-0.15, -0.1) is 0 Å². The lowest BCUT2D eigenvalue weighted by Crippen LogP contribution is -2.31. The van der Waals surface area contributed by atoms with Crippen LogP contribution in [0.5, 0.6) is 11.5 Å². The van der Waals surface area contributed by atoms with Crippen LogP contribution in [0.2, 0.25) is 0 Å². The molecular weight excluding hydrogens is 410 g/mol. The molecule has 0 unspecified atom stereocenters. The Morgan fingerprint density at radius 1 is 1.03 bits per heavy atom. The van der Waals surface area contributed by atoms with Crippen molar-refractivity contribution in [3.8, 4) is 11.5 Å². The van der Waals surface area contributed by atoms with Crippen LogP contribution < -0.4 is 20.1 Å². The van der Waals surface area contributed by atoms with E-state index in [9.17, 15) is 9.59 Å². The third-order valence-electron chi connectivity index (χ3n) is 4.80. The van der Waals surface area contributed by atoms with Gasteiger partial charge in [0.1, 0.15) is 17.3 Å². The highest BCUT2D eigenvalue weighted by Crippen LogP contribution is 2.25. The first-order chi connectivity index (χ1) is 15.5. The van der Waals surface area contributed by atoms with Crippen molar-refractivity contribution in [1.82, 2.24) is 10.2 Å².